The molecule has 1 aliphatic heterocycles. The fourth-order valence-electron chi connectivity index (χ4n) is 5.83. The summed E-state index contributed by atoms with van der Waals surface area (Å²) in [6.07, 6.45) is 5.36. The van der Waals surface area contributed by atoms with Crippen LogP contribution in [0, 0.1) is 11.8 Å². The molecule has 1 atom stereocenters. The van der Waals surface area contributed by atoms with Crippen LogP contribution in [-0.4, -0.2) is 52.6 Å². The Morgan fingerprint density at radius 3 is 1.97 bits per heavy atom. The van der Waals surface area contributed by atoms with Gasteiger partial charge in [0.05, 0.1) is 0 Å². The summed E-state index contributed by atoms with van der Waals surface area (Å²) in [6, 6.07) is 21.4. The summed E-state index contributed by atoms with van der Waals surface area (Å²) in [5.74, 6) is 0.0980. The third-order valence-corrected chi connectivity index (χ3v) is 7.77. The average Bonchev–Trinajstić information content (AvgIpc) is 2.81. The zero-order valence-electron chi connectivity index (χ0n) is 19.7. The number of hydrogen-bond donors (Lipinski definition) is 2. The van der Waals surface area contributed by atoms with Crippen molar-refractivity contribution in [3.8, 4) is 0 Å². The smallest absolute Gasteiger partial charge is 0.303 e. The van der Waals surface area contributed by atoms with Crippen molar-refractivity contribution in [2.75, 3.05) is 26.2 Å². The Morgan fingerprint density at radius 1 is 0.848 bits per heavy atom. The molecule has 1 saturated heterocycles. The third kappa shape index (κ3) is 6.89. The molecule has 2 aromatic carbocycles. The number of aliphatic carboxylic acids is 1. The maximum atomic E-state index is 11.2. The molecule has 0 amide bonds. The molecule has 2 aliphatic rings. The lowest BCUT2D eigenvalue weighted by Crippen LogP contribution is -2.59. The quantitative estimate of drug-likeness (QED) is 0.657. The van der Waals surface area contributed by atoms with Crippen LogP contribution in [0.3, 0.4) is 0 Å². The molecule has 0 bridgehead atoms. The molecule has 0 aromatic heterocycles. The summed E-state index contributed by atoms with van der Waals surface area (Å²) in [7, 11) is 0. The van der Waals surface area contributed by atoms with Crippen molar-refractivity contribution in [3.63, 3.8) is 0 Å². The molecule has 2 fully saturated rings. The summed E-state index contributed by atoms with van der Waals surface area (Å²) < 4.78 is 0. The van der Waals surface area contributed by atoms with E-state index in [1.807, 2.05) is 0 Å². The van der Waals surface area contributed by atoms with Crippen molar-refractivity contribution in [1.29, 1.82) is 0 Å². The Labute approximate surface area is 198 Å². The number of hydrogen-bond acceptors (Lipinski definition) is 4. The number of rotatable bonds is 7. The van der Waals surface area contributed by atoms with Crippen LogP contribution in [0.15, 0.2) is 60.7 Å². The predicted molar refractivity (Wildman–Crippen MR) is 133 cm³/mol. The lowest BCUT2D eigenvalue weighted by molar-refractivity contribution is -0.138. The van der Waals surface area contributed by atoms with Gasteiger partial charge in [0.15, 0.2) is 0 Å². The fraction of sp³-hybridized carbons (Fsp3) is 0.536. The number of benzene rings is 2. The van der Waals surface area contributed by atoms with Gasteiger partial charge >= 0.3 is 5.97 Å². The van der Waals surface area contributed by atoms with E-state index in [-0.39, 0.29) is 5.54 Å². The first kappa shape index (κ1) is 23.9. The highest BCUT2D eigenvalue weighted by Gasteiger charge is 2.40. The standard InChI is InChI=1S/C28H39N3O2/c29-28(26-13-11-23(12-14-26)19-27(32)33)15-16-30(20-24-7-3-1-4-8-24)17-18-31(22-28)21-25-9-5-2-6-10-25/h1-10,23,26H,11-22,29H2,(H,32,33)/t23?,26?,28-/m1/s1. The van der Waals surface area contributed by atoms with Crippen LogP contribution in [0.2, 0.25) is 0 Å². The fourth-order valence-corrected chi connectivity index (χ4v) is 5.83. The van der Waals surface area contributed by atoms with E-state index in [1.165, 1.54) is 11.1 Å². The van der Waals surface area contributed by atoms with Gasteiger partial charge in [-0.25, -0.2) is 0 Å². The third-order valence-electron chi connectivity index (χ3n) is 7.77. The first-order chi connectivity index (χ1) is 16.0. The molecule has 2 aromatic rings. The molecule has 178 valence electrons. The van der Waals surface area contributed by atoms with Crippen molar-refractivity contribution in [2.24, 2.45) is 17.6 Å². The first-order valence-electron chi connectivity index (χ1n) is 12.5. The van der Waals surface area contributed by atoms with E-state index in [1.54, 1.807) is 0 Å². The van der Waals surface area contributed by atoms with Crippen molar-refractivity contribution in [2.45, 2.75) is 57.2 Å². The Balaban J connectivity index is 1.47. The van der Waals surface area contributed by atoms with Crippen LogP contribution < -0.4 is 5.73 Å². The van der Waals surface area contributed by atoms with Crippen LogP contribution in [0.25, 0.3) is 0 Å². The maximum Gasteiger partial charge on any atom is 0.303 e. The molecule has 1 heterocycles. The molecule has 0 unspecified atom stereocenters. The lowest BCUT2D eigenvalue weighted by atomic mass is 9.69. The molecular formula is C28H39N3O2. The summed E-state index contributed by atoms with van der Waals surface area (Å²) in [4.78, 5) is 16.3. The van der Waals surface area contributed by atoms with Crippen molar-refractivity contribution in [1.82, 2.24) is 9.80 Å². The van der Waals surface area contributed by atoms with E-state index < -0.39 is 5.97 Å². The van der Waals surface area contributed by atoms with Crippen LogP contribution in [-0.2, 0) is 17.9 Å². The highest BCUT2D eigenvalue weighted by molar-refractivity contribution is 5.67. The van der Waals surface area contributed by atoms with Gasteiger partial charge in [-0.15, -0.1) is 0 Å². The second-order valence-electron chi connectivity index (χ2n) is 10.3. The first-order valence-corrected chi connectivity index (χ1v) is 12.5. The van der Waals surface area contributed by atoms with E-state index in [2.05, 4.69) is 70.5 Å². The maximum absolute atomic E-state index is 11.2. The lowest BCUT2D eigenvalue weighted by Gasteiger charge is -2.47. The average molecular weight is 450 g/mol. The van der Waals surface area contributed by atoms with Crippen LogP contribution in [0.4, 0.5) is 0 Å². The Bertz CT molecular complexity index is 867. The minimum Gasteiger partial charge on any atom is -0.481 e. The molecule has 1 saturated carbocycles. The highest BCUT2D eigenvalue weighted by Crippen LogP contribution is 2.38. The molecule has 5 heteroatoms. The molecule has 33 heavy (non-hydrogen) atoms. The zero-order valence-corrected chi connectivity index (χ0v) is 19.7. The van der Waals surface area contributed by atoms with E-state index in [0.717, 1.165) is 71.4 Å². The minimum absolute atomic E-state index is 0.238. The molecule has 0 spiro atoms. The van der Waals surface area contributed by atoms with E-state index in [4.69, 9.17) is 5.73 Å². The minimum atomic E-state index is -0.669. The summed E-state index contributed by atoms with van der Waals surface area (Å²) in [5, 5.41) is 9.19. The summed E-state index contributed by atoms with van der Waals surface area (Å²) in [6.45, 7) is 5.86. The second-order valence-corrected chi connectivity index (χ2v) is 10.3. The second kappa shape index (κ2) is 11.3. The Hall–Kier alpha value is -2.21. The monoisotopic (exact) mass is 449 g/mol. The van der Waals surface area contributed by atoms with Gasteiger partial charge in [-0.05, 0) is 55.1 Å². The Kier molecular flexibility index (Phi) is 8.18. The topological polar surface area (TPSA) is 69.8 Å². The van der Waals surface area contributed by atoms with Crippen molar-refractivity contribution in [3.05, 3.63) is 71.8 Å². The number of carboxylic acids is 1. The van der Waals surface area contributed by atoms with Crippen LogP contribution in [0.5, 0.6) is 0 Å². The van der Waals surface area contributed by atoms with Gasteiger partial charge in [0.2, 0.25) is 0 Å². The van der Waals surface area contributed by atoms with Crippen molar-refractivity contribution >= 4 is 5.97 Å². The number of nitrogens with two attached hydrogens (primary N) is 1. The molecular weight excluding hydrogens is 410 g/mol. The van der Waals surface area contributed by atoms with Gasteiger partial charge in [-0.2, -0.15) is 0 Å². The van der Waals surface area contributed by atoms with Gasteiger partial charge in [0, 0.05) is 51.2 Å². The van der Waals surface area contributed by atoms with Gasteiger partial charge in [0.25, 0.3) is 0 Å². The van der Waals surface area contributed by atoms with Crippen molar-refractivity contribution < 1.29 is 9.90 Å². The SMILES string of the molecule is N[C@]1(C2CCC(CC(=O)O)CC2)CCN(Cc2ccccc2)CCN(Cc2ccccc2)C1. The number of carbonyl (C=O) groups is 1. The van der Waals surface area contributed by atoms with Gasteiger partial charge in [-0.3, -0.25) is 14.6 Å². The molecule has 0 radical (unpaired) electrons. The molecule has 3 N–H and O–H groups in total. The summed E-state index contributed by atoms with van der Waals surface area (Å²) in [5.41, 5.74) is 9.71. The number of carboxylic acid groups (broad SMARTS) is 1. The van der Waals surface area contributed by atoms with Gasteiger partial charge < -0.3 is 10.8 Å². The van der Waals surface area contributed by atoms with Gasteiger partial charge in [0.1, 0.15) is 0 Å². The van der Waals surface area contributed by atoms with E-state index >= 15 is 0 Å². The van der Waals surface area contributed by atoms with Crippen LogP contribution >= 0.6 is 0 Å². The molecule has 1 aliphatic carbocycles. The van der Waals surface area contributed by atoms with E-state index in [0.29, 0.717) is 18.3 Å². The normalized spacial score (nSPS) is 27.5. The van der Waals surface area contributed by atoms with E-state index in [9.17, 15) is 9.90 Å². The molecule has 4 rings (SSSR count). The van der Waals surface area contributed by atoms with Gasteiger partial charge in [-0.1, -0.05) is 60.7 Å². The number of nitrogens with zero attached hydrogens (tertiary/aromatic N) is 2. The highest BCUT2D eigenvalue weighted by atomic mass is 16.4. The molecule has 5 nitrogen and oxygen atoms in total. The predicted octanol–water partition coefficient (Wildman–Crippen LogP) is 4.37. The largest absolute Gasteiger partial charge is 0.481 e. The van der Waals surface area contributed by atoms with Crippen LogP contribution in [0.1, 0.15) is 49.7 Å². The zero-order chi connectivity index (χ0) is 23.1. The summed E-state index contributed by atoms with van der Waals surface area (Å²) >= 11 is 0. The Morgan fingerprint density at radius 2 is 1.39 bits per heavy atom.